The number of ether oxygens (including phenoxy) is 4. The van der Waals surface area contributed by atoms with E-state index in [0.717, 1.165) is 27.0 Å². The lowest BCUT2D eigenvalue weighted by Crippen LogP contribution is -2.46. The molecule has 0 aliphatic carbocycles. The number of benzene rings is 3. The van der Waals surface area contributed by atoms with Crippen LogP contribution in [0.3, 0.4) is 0 Å². The average molecular weight is 928 g/mol. The predicted octanol–water partition coefficient (Wildman–Crippen LogP) is 7.20. The van der Waals surface area contributed by atoms with Crippen molar-refractivity contribution < 1.29 is 45.8 Å². The maximum Gasteiger partial charge on any atom is 0.406 e. The fraction of sp³-hybridized carbons (Fsp3) is 0.367. The van der Waals surface area contributed by atoms with Crippen molar-refractivity contribution in [2.24, 2.45) is 0 Å². The largest absolute Gasteiger partial charge is 0.494 e. The van der Waals surface area contributed by atoms with Crippen LogP contribution in [0.4, 0.5) is 28.9 Å². The molecule has 354 valence electrons. The minimum absolute atomic E-state index is 0.101. The van der Waals surface area contributed by atoms with Crippen molar-refractivity contribution in [3.8, 4) is 40.2 Å². The number of aryl methyl sites for hydroxylation is 2. The number of pyridine rings is 1. The summed E-state index contributed by atoms with van der Waals surface area (Å²) < 4.78 is 86.8. The van der Waals surface area contributed by atoms with Gasteiger partial charge in [0.25, 0.3) is 11.5 Å². The summed E-state index contributed by atoms with van der Waals surface area (Å²) in [6, 6.07) is 21.8. The summed E-state index contributed by atoms with van der Waals surface area (Å²) in [5.74, 6) is 7.64. The van der Waals surface area contributed by atoms with Crippen LogP contribution < -0.4 is 35.7 Å². The van der Waals surface area contributed by atoms with Crippen LogP contribution in [0.25, 0.3) is 22.0 Å². The van der Waals surface area contributed by atoms with E-state index in [2.05, 4.69) is 32.9 Å². The smallest absolute Gasteiger partial charge is 0.406 e. The number of rotatable bonds is 19. The third kappa shape index (κ3) is 12.9. The normalized spacial score (nSPS) is 15.2. The second kappa shape index (κ2) is 22.0. The first-order valence-corrected chi connectivity index (χ1v) is 21.8. The molecule has 7 rings (SSSR count). The number of alkyl halides is 4. The zero-order chi connectivity index (χ0) is 47.5. The van der Waals surface area contributed by atoms with E-state index in [1.165, 1.54) is 13.2 Å². The maximum absolute atomic E-state index is 14.8. The minimum atomic E-state index is -4.49. The molecule has 0 bridgehead atoms. The van der Waals surface area contributed by atoms with Crippen LogP contribution in [0.5, 0.6) is 17.2 Å². The van der Waals surface area contributed by atoms with Crippen LogP contribution >= 0.6 is 0 Å². The summed E-state index contributed by atoms with van der Waals surface area (Å²) in [5, 5.41) is 13.7. The van der Waals surface area contributed by atoms with Crippen molar-refractivity contribution in [1.29, 1.82) is 0 Å². The standard InChI is InChI=1S/C49H53F4N7O7/c1-32-48(33(2)67-57-32)35-13-16-47(62)59(28-35)27-34-8-5-10-37(24-34)66-30-46(61)55-19-21-64-22-23-65-38-14-15-43(45(26-38)63-4)54-18-7-9-36-25-39-41(56-42-17-20-58(3)29-40(42)50)11-6-12-44(39)60(36)31-49(51,52)53/h5-6,8,10-16,24-26,28,40,42,54,56H,17-23,27,29-31H2,1-4H3,(H,55,61)/t40-,42+/m0/s1. The fourth-order valence-electron chi connectivity index (χ4n) is 7.88. The molecule has 4 heterocycles. The number of nitrogens with zero attached hydrogens (tertiary/aromatic N) is 4. The van der Waals surface area contributed by atoms with Gasteiger partial charge in [0.15, 0.2) is 6.61 Å². The number of likely N-dealkylation sites (tertiary alicyclic amines) is 1. The van der Waals surface area contributed by atoms with Crippen molar-refractivity contribution in [2.75, 3.05) is 77.4 Å². The van der Waals surface area contributed by atoms with Gasteiger partial charge in [0.2, 0.25) is 0 Å². The Labute approximate surface area is 385 Å². The average Bonchev–Trinajstić information content (AvgIpc) is 3.82. The lowest BCUT2D eigenvalue weighted by molar-refractivity contribution is -0.140. The zero-order valence-corrected chi connectivity index (χ0v) is 37.7. The van der Waals surface area contributed by atoms with Gasteiger partial charge in [0, 0.05) is 60.2 Å². The van der Waals surface area contributed by atoms with E-state index < -0.39 is 24.9 Å². The Hall–Kier alpha value is -6.97. The number of anilines is 2. The van der Waals surface area contributed by atoms with Gasteiger partial charge in [-0.05, 0) is 87.3 Å². The Morgan fingerprint density at radius 1 is 0.970 bits per heavy atom. The highest BCUT2D eigenvalue weighted by molar-refractivity contribution is 5.94. The molecular weight excluding hydrogens is 875 g/mol. The third-order valence-corrected chi connectivity index (χ3v) is 11.1. The summed E-state index contributed by atoms with van der Waals surface area (Å²) in [5.41, 5.74) is 4.76. The van der Waals surface area contributed by atoms with Crippen LogP contribution in [0.2, 0.25) is 0 Å². The van der Waals surface area contributed by atoms with E-state index in [9.17, 15) is 27.2 Å². The van der Waals surface area contributed by atoms with E-state index in [-0.39, 0.29) is 63.2 Å². The van der Waals surface area contributed by atoms with Gasteiger partial charge in [-0.1, -0.05) is 29.3 Å². The van der Waals surface area contributed by atoms with E-state index >= 15 is 0 Å². The molecule has 2 atom stereocenters. The van der Waals surface area contributed by atoms with Crippen molar-refractivity contribution >= 4 is 28.2 Å². The lowest BCUT2D eigenvalue weighted by atomic mass is 10.0. The van der Waals surface area contributed by atoms with Crippen LogP contribution in [0.15, 0.2) is 94.4 Å². The van der Waals surface area contributed by atoms with Gasteiger partial charge in [-0.15, -0.1) is 0 Å². The molecule has 1 aliphatic rings. The Kier molecular flexibility index (Phi) is 15.8. The van der Waals surface area contributed by atoms with Gasteiger partial charge in [0.05, 0.1) is 62.0 Å². The van der Waals surface area contributed by atoms with Gasteiger partial charge >= 0.3 is 6.18 Å². The van der Waals surface area contributed by atoms with Crippen molar-refractivity contribution in [1.82, 2.24) is 24.5 Å². The molecule has 67 heavy (non-hydrogen) atoms. The molecule has 18 heteroatoms. The highest BCUT2D eigenvalue weighted by Gasteiger charge is 2.31. The number of methoxy groups -OCH3 is 1. The van der Waals surface area contributed by atoms with E-state index in [1.54, 1.807) is 77.5 Å². The second-order valence-electron chi connectivity index (χ2n) is 16.1. The Bertz CT molecular complexity index is 2760. The summed E-state index contributed by atoms with van der Waals surface area (Å²) in [6.45, 7) is 4.60. The van der Waals surface area contributed by atoms with Gasteiger partial charge in [-0.3, -0.25) is 9.59 Å². The number of fused-ring (bicyclic) bond motifs is 1. The maximum atomic E-state index is 14.8. The number of carbonyl (C=O) groups is 1. The first-order chi connectivity index (χ1) is 32.2. The molecule has 1 saturated heterocycles. The number of carbonyl (C=O) groups excluding carboxylic acids is 1. The molecule has 1 fully saturated rings. The predicted molar refractivity (Wildman–Crippen MR) is 247 cm³/mol. The molecule has 6 aromatic rings. The van der Waals surface area contributed by atoms with Crippen molar-refractivity contribution in [3.05, 3.63) is 118 Å². The van der Waals surface area contributed by atoms with Gasteiger partial charge in [-0.25, -0.2) is 4.39 Å². The molecule has 3 aromatic heterocycles. The third-order valence-electron chi connectivity index (χ3n) is 11.1. The molecule has 1 amide bonds. The van der Waals surface area contributed by atoms with Crippen LogP contribution in [0.1, 0.15) is 29.1 Å². The molecular formula is C49H53F4N7O7. The number of halogens is 4. The van der Waals surface area contributed by atoms with Crippen molar-refractivity contribution in [3.63, 3.8) is 0 Å². The molecule has 0 unspecified atom stereocenters. The quantitative estimate of drug-likeness (QED) is 0.0431. The number of hydrogen-bond donors (Lipinski definition) is 3. The van der Waals surface area contributed by atoms with E-state index in [0.29, 0.717) is 64.8 Å². The first kappa shape index (κ1) is 48.0. The monoisotopic (exact) mass is 927 g/mol. The Balaban J connectivity index is 0.830. The van der Waals surface area contributed by atoms with Crippen LogP contribution in [-0.4, -0.2) is 110 Å². The zero-order valence-electron chi connectivity index (χ0n) is 37.7. The number of piperidine rings is 1. The lowest BCUT2D eigenvalue weighted by Gasteiger charge is -2.33. The molecule has 1 aliphatic heterocycles. The number of aromatic nitrogens is 3. The molecule has 14 nitrogen and oxygen atoms in total. The Morgan fingerprint density at radius 3 is 2.57 bits per heavy atom. The van der Waals surface area contributed by atoms with Gasteiger partial charge in [0.1, 0.15) is 42.3 Å². The summed E-state index contributed by atoms with van der Waals surface area (Å²) in [4.78, 5) is 27.0. The number of nitrogens with one attached hydrogen (secondary N) is 3. The SMILES string of the molecule is COc1cc(OCCOCCNC(=O)COc2cccc(Cn3cc(-c4c(C)noc4C)ccc3=O)c2)ccc1NCC#Cc1cc2c(N[C@@H]3CCN(C)C[C@@H]3F)cccc2n1CC(F)(F)F. The van der Waals surface area contributed by atoms with Gasteiger partial charge in [-0.2, -0.15) is 13.2 Å². The van der Waals surface area contributed by atoms with E-state index in [4.69, 9.17) is 23.5 Å². The Morgan fingerprint density at radius 2 is 1.79 bits per heavy atom. The fourth-order valence-corrected chi connectivity index (χ4v) is 7.88. The summed E-state index contributed by atoms with van der Waals surface area (Å²) >= 11 is 0. The molecule has 3 aromatic carbocycles. The van der Waals surface area contributed by atoms with Gasteiger partial charge < -0.3 is 53.5 Å². The number of hydrogen-bond acceptors (Lipinski definition) is 11. The topological polar surface area (TPSA) is 146 Å². The minimum Gasteiger partial charge on any atom is -0.494 e. The number of amides is 1. The molecule has 0 saturated carbocycles. The second-order valence-corrected chi connectivity index (χ2v) is 16.1. The molecule has 0 spiro atoms. The van der Waals surface area contributed by atoms with Crippen LogP contribution in [-0.2, 0) is 22.6 Å². The van der Waals surface area contributed by atoms with E-state index in [1.807, 2.05) is 31.9 Å². The van der Waals surface area contributed by atoms with Crippen LogP contribution in [0, 0.1) is 25.7 Å². The highest BCUT2D eigenvalue weighted by atomic mass is 19.4. The highest BCUT2D eigenvalue weighted by Crippen LogP contribution is 2.33. The summed E-state index contributed by atoms with van der Waals surface area (Å²) in [7, 11) is 3.36. The first-order valence-electron chi connectivity index (χ1n) is 21.8. The molecule has 3 N–H and O–H groups in total. The molecule has 0 radical (unpaired) electrons. The van der Waals surface area contributed by atoms with Crippen molar-refractivity contribution in [2.45, 2.75) is 51.7 Å². The summed E-state index contributed by atoms with van der Waals surface area (Å²) in [6.07, 6.45) is -3.27.